The Bertz CT molecular complexity index is 254. The number of carboxylic acids is 1. The number of aliphatic carboxylic acids is 1. The van der Waals surface area contributed by atoms with Crippen molar-refractivity contribution in [2.75, 3.05) is 0 Å². The molecule has 6 nitrogen and oxygen atoms in total. The average Bonchev–Trinajstić information content (AvgIpc) is 2.01. The molecule has 0 aliphatic rings. The molecular weight excluding hydrogens is 256 g/mol. The Morgan fingerprint density at radius 3 is 2.29 bits per heavy atom. The van der Waals surface area contributed by atoms with Crippen LogP contribution in [0.1, 0.15) is 13.3 Å². The number of amides is 2. The van der Waals surface area contributed by atoms with Crippen LogP contribution in [0.2, 0.25) is 0 Å². The van der Waals surface area contributed by atoms with E-state index in [0.717, 1.165) is 0 Å². The number of nitrogens with one attached hydrogen (secondary N) is 1. The maximum Gasteiger partial charge on any atom is 0.326 e. The summed E-state index contributed by atoms with van der Waals surface area (Å²) in [6.07, 6.45) is -0.416. The summed E-state index contributed by atoms with van der Waals surface area (Å²) in [5.41, 5.74) is 4.82. The quantitative estimate of drug-likeness (QED) is 0.567. The Hall–Kier alpha value is -1.11. The van der Waals surface area contributed by atoms with Gasteiger partial charge in [0, 0.05) is 0 Å². The lowest BCUT2D eigenvalue weighted by atomic mass is 10.2. The predicted octanol–water partition coefficient (Wildman–Crippen LogP) is -0.785. The second-order valence-corrected chi connectivity index (χ2v) is 4.06. The molecule has 0 unspecified atom stereocenters. The van der Waals surface area contributed by atoms with Crippen LogP contribution >= 0.6 is 15.9 Å². The van der Waals surface area contributed by atoms with Gasteiger partial charge in [-0.2, -0.15) is 0 Å². The van der Waals surface area contributed by atoms with E-state index in [-0.39, 0.29) is 0 Å². The Morgan fingerprint density at radius 2 is 2.00 bits per heavy atom. The second kappa shape index (κ2) is 5.58. The third-order valence-electron chi connectivity index (χ3n) is 1.38. The van der Waals surface area contributed by atoms with E-state index in [1.165, 1.54) is 0 Å². The topological polar surface area (TPSA) is 109 Å². The zero-order chi connectivity index (χ0) is 11.3. The SMILES string of the molecule is C[C@@H](Br)C(=O)N[C@@H](CC(N)=O)C(=O)O. The minimum absolute atomic E-state index is 0.416. The molecule has 0 radical (unpaired) electrons. The zero-order valence-electron chi connectivity index (χ0n) is 7.49. The predicted molar refractivity (Wildman–Crippen MR) is 51.8 cm³/mol. The van der Waals surface area contributed by atoms with Gasteiger partial charge in [-0.15, -0.1) is 0 Å². The van der Waals surface area contributed by atoms with E-state index in [1.807, 2.05) is 0 Å². The molecule has 14 heavy (non-hydrogen) atoms. The van der Waals surface area contributed by atoms with Crippen LogP contribution in [-0.2, 0) is 14.4 Å². The summed E-state index contributed by atoms with van der Waals surface area (Å²) >= 11 is 2.96. The molecule has 0 saturated heterocycles. The maximum absolute atomic E-state index is 11.1. The van der Waals surface area contributed by atoms with E-state index >= 15 is 0 Å². The van der Waals surface area contributed by atoms with Crippen LogP contribution < -0.4 is 11.1 Å². The highest BCUT2D eigenvalue weighted by atomic mass is 79.9. The van der Waals surface area contributed by atoms with Crippen molar-refractivity contribution >= 4 is 33.7 Å². The molecule has 0 spiro atoms. The van der Waals surface area contributed by atoms with Gasteiger partial charge in [0.05, 0.1) is 11.2 Å². The van der Waals surface area contributed by atoms with Gasteiger partial charge in [-0.1, -0.05) is 15.9 Å². The molecule has 2 amide bonds. The van der Waals surface area contributed by atoms with Crippen molar-refractivity contribution in [1.29, 1.82) is 0 Å². The van der Waals surface area contributed by atoms with Gasteiger partial charge in [0.1, 0.15) is 6.04 Å². The first-order chi connectivity index (χ1) is 6.34. The van der Waals surface area contributed by atoms with E-state index < -0.39 is 35.1 Å². The van der Waals surface area contributed by atoms with Gasteiger partial charge in [-0.3, -0.25) is 9.59 Å². The summed E-state index contributed by atoms with van der Waals surface area (Å²) in [6.45, 7) is 1.54. The largest absolute Gasteiger partial charge is 0.480 e. The summed E-state index contributed by atoms with van der Waals surface area (Å²) in [4.78, 5) is 31.6. The van der Waals surface area contributed by atoms with Crippen molar-refractivity contribution in [3.63, 3.8) is 0 Å². The van der Waals surface area contributed by atoms with Gasteiger partial charge >= 0.3 is 5.97 Å². The number of halogens is 1. The highest BCUT2D eigenvalue weighted by molar-refractivity contribution is 9.10. The Kier molecular flexibility index (Phi) is 5.14. The van der Waals surface area contributed by atoms with Crippen molar-refractivity contribution in [3.05, 3.63) is 0 Å². The van der Waals surface area contributed by atoms with E-state index in [4.69, 9.17) is 10.8 Å². The van der Waals surface area contributed by atoms with Crippen molar-refractivity contribution in [2.24, 2.45) is 5.73 Å². The number of hydrogen-bond donors (Lipinski definition) is 3. The van der Waals surface area contributed by atoms with Crippen LogP contribution in [0.5, 0.6) is 0 Å². The number of carbonyl (C=O) groups excluding carboxylic acids is 2. The second-order valence-electron chi connectivity index (χ2n) is 2.69. The summed E-state index contributed by atoms with van der Waals surface area (Å²) < 4.78 is 0. The van der Waals surface area contributed by atoms with Gasteiger partial charge in [0.25, 0.3) is 0 Å². The standard InChI is InChI=1S/C7H11BrN2O4/c1-3(8)6(12)10-4(7(13)14)2-5(9)11/h3-4H,2H2,1H3,(H2,9,11)(H,10,12)(H,13,14)/t3-,4+/m1/s1. The fourth-order valence-corrected chi connectivity index (χ4v) is 0.820. The first-order valence-corrected chi connectivity index (χ1v) is 4.71. The van der Waals surface area contributed by atoms with Gasteiger partial charge < -0.3 is 16.2 Å². The molecule has 0 rings (SSSR count). The van der Waals surface area contributed by atoms with Crippen LogP contribution in [0, 0.1) is 0 Å². The third-order valence-corrected chi connectivity index (χ3v) is 1.80. The average molecular weight is 267 g/mol. The maximum atomic E-state index is 11.1. The number of carbonyl (C=O) groups is 3. The molecule has 0 fully saturated rings. The van der Waals surface area contributed by atoms with Crippen molar-refractivity contribution in [2.45, 2.75) is 24.2 Å². The molecule has 0 aliphatic carbocycles. The van der Waals surface area contributed by atoms with Crippen molar-refractivity contribution < 1.29 is 19.5 Å². The first kappa shape index (κ1) is 12.9. The normalized spacial score (nSPS) is 14.1. The van der Waals surface area contributed by atoms with Gasteiger partial charge in [0.2, 0.25) is 11.8 Å². The highest BCUT2D eigenvalue weighted by Gasteiger charge is 2.23. The molecule has 0 aliphatic heterocycles. The lowest BCUT2D eigenvalue weighted by Gasteiger charge is -2.13. The van der Waals surface area contributed by atoms with E-state index in [9.17, 15) is 14.4 Å². The Labute approximate surface area is 89.0 Å². The Balaban J connectivity index is 4.31. The third kappa shape index (κ3) is 4.80. The van der Waals surface area contributed by atoms with Crippen LogP contribution in [0.15, 0.2) is 0 Å². The molecule has 0 aromatic rings. The molecule has 7 heteroatoms. The van der Waals surface area contributed by atoms with Gasteiger partial charge in [-0.25, -0.2) is 4.79 Å². The molecule has 4 N–H and O–H groups in total. The van der Waals surface area contributed by atoms with Crippen LogP contribution in [0.3, 0.4) is 0 Å². The number of carboxylic acid groups (broad SMARTS) is 1. The lowest BCUT2D eigenvalue weighted by Crippen LogP contribution is -2.45. The molecule has 2 atom stereocenters. The minimum Gasteiger partial charge on any atom is -0.480 e. The van der Waals surface area contributed by atoms with E-state index in [1.54, 1.807) is 6.92 Å². The van der Waals surface area contributed by atoms with Crippen LogP contribution in [-0.4, -0.2) is 33.8 Å². The lowest BCUT2D eigenvalue weighted by molar-refractivity contribution is -0.143. The number of rotatable bonds is 5. The molecule has 80 valence electrons. The molecule has 0 heterocycles. The van der Waals surface area contributed by atoms with Gasteiger partial charge in [-0.05, 0) is 6.92 Å². The number of nitrogens with two attached hydrogens (primary N) is 1. The molecule has 0 aromatic heterocycles. The zero-order valence-corrected chi connectivity index (χ0v) is 9.08. The van der Waals surface area contributed by atoms with Crippen LogP contribution in [0.25, 0.3) is 0 Å². The van der Waals surface area contributed by atoms with E-state index in [0.29, 0.717) is 0 Å². The summed E-state index contributed by atoms with van der Waals surface area (Å²) in [6, 6.07) is -1.26. The van der Waals surface area contributed by atoms with E-state index in [2.05, 4.69) is 21.2 Å². The van der Waals surface area contributed by atoms with Gasteiger partial charge in [0.15, 0.2) is 0 Å². The fourth-order valence-electron chi connectivity index (χ4n) is 0.688. The fraction of sp³-hybridized carbons (Fsp3) is 0.571. The first-order valence-electron chi connectivity index (χ1n) is 3.80. The summed E-state index contributed by atoms with van der Waals surface area (Å²) in [5.74, 6) is -2.57. The number of hydrogen-bond acceptors (Lipinski definition) is 3. The number of primary amides is 1. The van der Waals surface area contributed by atoms with Crippen molar-refractivity contribution in [1.82, 2.24) is 5.32 Å². The molecule has 0 aromatic carbocycles. The number of alkyl halides is 1. The summed E-state index contributed by atoms with van der Waals surface area (Å²) in [7, 11) is 0. The van der Waals surface area contributed by atoms with Crippen molar-refractivity contribution in [3.8, 4) is 0 Å². The molecule has 0 bridgehead atoms. The Morgan fingerprint density at radius 1 is 1.50 bits per heavy atom. The summed E-state index contributed by atoms with van der Waals surface area (Å²) in [5, 5.41) is 10.8. The highest BCUT2D eigenvalue weighted by Crippen LogP contribution is 1.99. The minimum atomic E-state index is -1.29. The monoisotopic (exact) mass is 266 g/mol. The van der Waals surface area contributed by atoms with Crippen LogP contribution in [0.4, 0.5) is 0 Å². The molecule has 0 saturated carbocycles. The smallest absolute Gasteiger partial charge is 0.326 e. The molecular formula is C7H11BrN2O4.